The van der Waals surface area contributed by atoms with Gasteiger partial charge in [0.1, 0.15) is 17.4 Å². The largest absolute Gasteiger partial charge is 0.482 e. The molecular formula is C67H90N10O18. The molecule has 8 N–H and O–H groups in total. The lowest BCUT2D eigenvalue weighted by Gasteiger charge is -2.16. The summed E-state index contributed by atoms with van der Waals surface area (Å²) in [5, 5.41) is 16.7. The highest BCUT2D eigenvalue weighted by molar-refractivity contribution is 5.93. The summed E-state index contributed by atoms with van der Waals surface area (Å²) in [5.41, 5.74) is 8.21. The van der Waals surface area contributed by atoms with Gasteiger partial charge in [0.15, 0.2) is 6.29 Å². The van der Waals surface area contributed by atoms with E-state index in [1.807, 2.05) is 53.2 Å². The van der Waals surface area contributed by atoms with E-state index in [9.17, 15) is 48.3 Å². The number of esters is 7. The molecule has 11 heterocycles. The lowest BCUT2D eigenvalue weighted by atomic mass is 10.1. The zero-order valence-corrected chi connectivity index (χ0v) is 53.4. The van der Waals surface area contributed by atoms with Gasteiger partial charge in [-0.2, -0.15) is 5.10 Å². The number of aldehydes is 1. The fraction of sp³-hybridized carbons (Fsp3) is 0.343. The van der Waals surface area contributed by atoms with Gasteiger partial charge < -0.3 is 61.8 Å². The monoisotopic (exact) mass is 1320 g/mol. The third-order valence-electron chi connectivity index (χ3n) is 13.3. The molecule has 1 unspecified atom stereocenters. The van der Waals surface area contributed by atoms with Crippen molar-refractivity contribution in [3.63, 3.8) is 0 Å². The van der Waals surface area contributed by atoms with Crippen molar-refractivity contribution < 1.29 is 82.1 Å². The Morgan fingerprint density at radius 3 is 1.69 bits per heavy atom. The highest BCUT2D eigenvalue weighted by atomic mass is 16.6. The smallest absolute Gasteiger partial charge is 0.343 e. The van der Waals surface area contributed by atoms with Crippen LogP contribution in [-0.2, 0) is 86.5 Å². The van der Waals surface area contributed by atoms with Gasteiger partial charge in [0.25, 0.3) is 5.56 Å². The molecule has 0 aliphatic carbocycles. The van der Waals surface area contributed by atoms with Crippen molar-refractivity contribution in [2.45, 2.75) is 112 Å². The van der Waals surface area contributed by atoms with Gasteiger partial charge in [-0.3, -0.25) is 40.8 Å². The van der Waals surface area contributed by atoms with E-state index in [4.69, 9.17) is 9.47 Å². The zero-order valence-electron chi connectivity index (χ0n) is 53.4. The molecule has 95 heavy (non-hydrogen) atoms. The first kappa shape index (κ1) is 84.3. The average Bonchev–Trinajstić information content (AvgIpc) is 1.66. The minimum Gasteiger partial charge on any atom is -0.482 e. The number of nitrogens with two attached hydrogens (primary N) is 2. The van der Waals surface area contributed by atoms with E-state index in [-0.39, 0.29) is 49.4 Å². The summed E-state index contributed by atoms with van der Waals surface area (Å²) in [6.45, 7) is 11.9. The van der Waals surface area contributed by atoms with Crippen LogP contribution in [0.25, 0.3) is 16.4 Å². The van der Waals surface area contributed by atoms with Gasteiger partial charge in [0, 0.05) is 93.1 Å². The Morgan fingerprint density at radius 1 is 0.663 bits per heavy atom. The Labute approximate surface area is 551 Å². The van der Waals surface area contributed by atoms with Crippen LogP contribution in [-0.4, -0.2) is 140 Å². The van der Waals surface area contributed by atoms with E-state index in [1.165, 1.54) is 105 Å². The zero-order chi connectivity index (χ0) is 68.1. The molecule has 0 radical (unpaired) electrons. The number of aliphatic hydroxyl groups is 1. The number of pyridine rings is 3. The van der Waals surface area contributed by atoms with Gasteiger partial charge in [-0.15, -0.1) is 0 Å². The Bertz CT molecular complexity index is 3690. The number of nitrogens with one attached hydrogen (secondary N) is 1. The average molecular weight is 1320 g/mol. The molecular weight excluding hydrogens is 1230 g/mol. The molecule has 1 atom stereocenters. The molecule has 11 rings (SSSR count). The van der Waals surface area contributed by atoms with Crippen LogP contribution in [0.15, 0.2) is 146 Å². The van der Waals surface area contributed by atoms with Crippen molar-refractivity contribution in [3.05, 3.63) is 196 Å². The van der Waals surface area contributed by atoms with Crippen molar-refractivity contribution in [2.24, 2.45) is 11.7 Å². The minimum absolute atomic E-state index is 0. The molecule has 28 nitrogen and oxygen atoms in total. The van der Waals surface area contributed by atoms with Gasteiger partial charge in [-0.05, 0) is 118 Å². The molecule has 0 spiro atoms. The number of hydrogen-bond donors (Lipinski definition) is 4. The van der Waals surface area contributed by atoms with Crippen LogP contribution in [0.3, 0.4) is 0 Å². The van der Waals surface area contributed by atoms with Gasteiger partial charge in [0.05, 0.1) is 82.2 Å². The molecule has 8 aromatic heterocycles. The van der Waals surface area contributed by atoms with Gasteiger partial charge in [0.2, 0.25) is 5.88 Å². The summed E-state index contributed by atoms with van der Waals surface area (Å²) in [7, 11) is 8.31. The number of carbonyl (C=O) groups is 8. The van der Waals surface area contributed by atoms with E-state index in [0.717, 1.165) is 74.1 Å². The van der Waals surface area contributed by atoms with Gasteiger partial charge >= 0.3 is 41.8 Å². The second kappa shape index (κ2) is 45.6. The van der Waals surface area contributed by atoms with Crippen LogP contribution in [0.2, 0.25) is 0 Å². The molecule has 3 aliphatic heterocycles. The van der Waals surface area contributed by atoms with Crippen LogP contribution in [0, 0.1) is 0 Å². The topological polar surface area (TPSA) is 396 Å². The summed E-state index contributed by atoms with van der Waals surface area (Å²) in [6, 6.07) is 23.6. The molecule has 8 aromatic rings. The normalized spacial score (nSPS) is 11.6. The quantitative estimate of drug-likeness (QED) is 0.0207. The maximum absolute atomic E-state index is 11.5. The molecule has 516 valence electrons. The highest BCUT2D eigenvalue weighted by Crippen LogP contribution is 2.29. The molecule has 0 fully saturated rings. The Hall–Kier alpha value is -10.7. The maximum atomic E-state index is 11.5. The van der Waals surface area contributed by atoms with Crippen LogP contribution in [0.1, 0.15) is 138 Å². The fourth-order valence-corrected chi connectivity index (χ4v) is 9.05. The highest BCUT2D eigenvalue weighted by Gasteiger charge is 2.24. The van der Waals surface area contributed by atoms with E-state index < -0.39 is 30.0 Å². The van der Waals surface area contributed by atoms with Crippen molar-refractivity contribution in [1.29, 1.82) is 0 Å². The summed E-state index contributed by atoms with van der Waals surface area (Å²) in [5.74, 6) is 5.62. The number of aromatic amines is 1. The first-order valence-electron chi connectivity index (χ1n) is 28.6. The number of H-pyrrole nitrogens is 1. The number of ether oxygens (including phenoxy) is 7. The van der Waals surface area contributed by atoms with Gasteiger partial charge in [-0.25, -0.2) is 29.1 Å². The van der Waals surface area contributed by atoms with E-state index >= 15 is 0 Å². The summed E-state index contributed by atoms with van der Waals surface area (Å²) in [4.78, 5) is 103. The molecule has 28 heteroatoms. The number of aryl methyl sites for hydroxylation is 5. The molecule has 0 saturated heterocycles. The molecule has 0 amide bonds. The summed E-state index contributed by atoms with van der Waals surface area (Å²) in [6.07, 6.45) is 21.5. The second-order valence-corrected chi connectivity index (χ2v) is 19.4. The number of nitrogens with zero attached hydrogens (tertiary/aromatic N) is 7. The van der Waals surface area contributed by atoms with Crippen molar-refractivity contribution in [3.8, 4) is 5.88 Å². The minimum atomic E-state index is -1.11. The van der Waals surface area contributed by atoms with Crippen LogP contribution in [0.5, 0.6) is 5.88 Å². The van der Waals surface area contributed by atoms with Crippen LogP contribution >= 0.6 is 0 Å². The number of carbonyl (C=O) groups excluding carboxylic acids is 8. The number of hydrogen-bond acceptors (Lipinski definition) is 22. The number of hydrazine groups is 1. The molecule has 3 aliphatic rings. The van der Waals surface area contributed by atoms with Crippen molar-refractivity contribution >= 4 is 64.5 Å². The summed E-state index contributed by atoms with van der Waals surface area (Å²) >= 11 is 0. The van der Waals surface area contributed by atoms with Crippen molar-refractivity contribution in [2.75, 3.05) is 42.7 Å². The third kappa shape index (κ3) is 26.8. The maximum Gasteiger partial charge on any atom is 0.343 e. The third-order valence-corrected chi connectivity index (χ3v) is 13.3. The predicted molar refractivity (Wildman–Crippen MR) is 356 cm³/mol. The summed E-state index contributed by atoms with van der Waals surface area (Å²) < 4.78 is 40.1. The lowest BCUT2D eigenvalue weighted by molar-refractivity contribution is -0.156. The van der Waals surface area contributed by atoms with E-state index in [1.54, 1.807) is 68.2 Å². The molecule has 0 aromatic carbocycles. The first-order chi connectivity index (χ1) is 44.3. The lowest BCUT2D eigenvalue weighted by Crippen LogP contribution is -2.12. The van der Waals surface area contributed by atoms with E-state index in [2.05, 4.69) is 82.4 Å². The van der Waals surface area contributed by atoms with E-state index in [0.29, 0.717) is 34.0 Å². The Kier molecular flexibility index (Phi) is 40.4. The first-order valence-corrected chi connectivity index (χ1v) is 28.6. The standard InChI is InChI=1S/C11H15NO3.C10H11N3O.C10H11NO3.C10H13NO2.C10H9NO2.C6H5NO.C4H6O3.C4H6O2.2CH4.H4N2.H2O/c1-14-10-9(11(13)15-2)7-8-5-3-4-6-12(8)10;14-10-8-5-7-3-1-2-4-13(7)9(8)6-11-12-10;1-7(10(13)14-2)9(12)8-5-3-4-6-11-8;2*1-13-10(12)8-6-9-4-2-3-5-11(9)7-8;8-5-6-3-1-2-4-7-6;1-3(5)7-4(2)6;1-3-4(5)6-2;;;1-2;/h7H,3-6H2,1-2H3;5-6H,1-4H2,(H,12,14);3-6,9,12H,1H2,2H3;6-7H,2-5H2,1H3;2-7H,1H3;1-5H;1-2H3;3H,1H2,2H3;2*1H4;1-2H2;1H2. The molecule has 0 bridgehead atoms. The predicted octanol–water partition coefficient (Wildman–Crippen LogP) is 7.46. The van der Waals surface area contributed by atoms with Gasteiger partial charge in [-0.1, -0.05) is 46.2 Å². The van der Waals surface area contributed by atoms with Crippen LogP contribution < -0.4 is 22.0 Å². The number of fused-ring (bicyclic) bond motifs is 6. The number of aromatic nitrogens is 8. The SMILES string of the molecule is C.C.C=C(C(=O)OC)C(O)c1ccccn1.C=CC(=O)OC.CC(=O)OC(C)=O.COC(=O)c1cc2ccccn2c1.COC(=O)c1cc2n(c1)CCCC2.COC(=O)c1cc2n(c1OC)CCCC2.NN.O.O=Cc1ccccn1.O=c1[nH]ncc2c1cc1n2CCCC1. The number of aliphatic hydroxyl groups excluding tert-OH is 1. The Balaban J connectivity index is 0.00000107. The fourth-order valence-electron chi connectivity index (χ4n) is 9.05. The number of methoxy groups -OCH3 is 6. The number of rotatable bonds is 9. The van der Waals surface area contributed by atoms with Crippen LogP contribution in [0.4, 0.5) is 0 Å². The molecule has 0 saturated carbocycles. The van der Waals surface area contributed by atoms with Crippen molar-refractivity contribution in [1.82, 2.24) is 38.3 Å². The Morgan fingerprint density at radius 2 is 1.22 bits per heavy atom. The second-order valence-electron chi connectivity index (χ2n) is 19.4.